The molecule has 112 valence electrons. The molecule has 1 atom stereocenters. The Labute approximate surface area is 127 Å². The van der Waals surface area contributed by atoms with Crippen LogP contribution in [0.1, 0.15) is 45.6 Å². The molecule has 1 aromatic heterocycles. The Balaban J connectivity index is 2.11. The van der Waals surface area contributed by atoms with Crippen LogP contribution in [0.2, 0.25) is 5.02 Å². The van der Waals surface area contributed by atoms with Crippen LogP contribution in [0.4, 0.5) is 5.82 Å². The molecule has 1 saturated heterocycles. The Bertz CT molecular complexity index is 456. The number of hydrogen-bond donors (Lipinski definition) is 1. The number of aromatic nitrogens is 1. The smallest absolute Gasteiger partial charge is 0.147 e. The van der Waals surface area contributed by atoms with Gasteiger partial charge in [-0.25, -0.2) is 4.98 Å². The first kappa shape index (κ1) is 15.6. The van der Waals surface area contributed by atoms with Crippen molar-refractivity contribution in [2.45, 2.75) is 46.6 Å². The second-order valence-electron chi connectivity index (χ2n) is 6.79. The quantitative estimate of drug-likeness (QED) is 0.900. The average Bonchev–Trinajstić information content (AvgIpc) is 2.63. The second kappa shape index (κ2) is 6.31. The van der Waals surface area contributed by atoms with E-state index in [1.165, 1.54) is 19.3 Å². The van der Waals surface area contributed by atoms with E-state index in [9.17, 15) is 0 Å². The van der Waals surface area contributed by atoms with Gasteiger partial charge in [0.05, 0.1) is 11.6 Å². The first-order chi connectivity index (χ1) is 9.41. The third-order valence-corrected chi connectivity index (χ3v) is 4.59. The molecule has 1 aliphatic rings. The highest BCUT2D eigenvalue weighted by molar-refractivity contribution is 6.33. The minimum absolute atomic E-state index is 0.0148. The molecule has 1 N–H and O–H groups in total. The maximum atomic E-state index is 9.12. The first-order valence-electron chi connectivity index (χ1n) is 7.42. The van der Waals surface area contributed by atoms with Crippen molar-refractivity contribution in [2.24, 2.45) is 11.3 Å². The highest BCUT2D eigenvalue weighted by atomic mass is 35.5. The van der Waals surface area contributed by atoms with Crippen molar-refractivity contribution in [2.75, 3.05) is 18.0 Å². The summed E-state index contributed by atoms with van der Waals surface area (Å²) in [6.45, 7) is 8.99. The molecular weight excluding hydrogens is 272 g/mol. The zero-order valence-corrected chi connectivity index (χ0v) is 13.5. The molecule has 1 aromatic rings. The van der Waals surface area contributed by atoms with Crippen LogP contribution < -0.4 is 4.90 Å². The van der Waals surface area contributed by atoms with Crippen molar-refractivity contribution in [1.82, 2.24) is 4.98 Å². The summed E-state index contributed by atoms with van der Waals surface area (Å²) in [5, 5.41) is 9.76. The highest BCUT2D eigenvalue weighted by Gasteiger charge is 2.27. The van der Waals surface area contributed by atoms with Gasteiger partial charge >= 0.3 is 0 Å². The predicted molar refractivity (Wildman–Crippen MR) is 84.2 cm³/mol. The topological polar surface area (TPSA) is 36.4 Å². The van der Waals surface area contributed by atoms with Crippen LogP contribution in [-0.2, 0) is 6.61 Å². The number of aliphatic hydroxyl groups is 1. The summed E-state index contributed by atoms with van der Waals surface area (Å²) < 4.78 is 0. The SMILES string of the molecule is CC(C)(C)C1CCCN(c2ncc(CO)cc2Cl)CC1. The number of halogens is 1. The highest BCUT2D eigenvalue weighted by Crippen LogP contribution is 2.36. The van der Waals surface area contributed by atoms with E-state index in [2.05, 4.69) is 30.7 Å². The van der Waals surface area contributed by atoms with E-state index in [4.69, 9.17) is 16.7 Å². The van der Waals surface area contributed by atoms with Gasteiger partial charge in [-0.15, -0.1) is 0 Å². The monoisotopic (exact) mass is 296 g/mol. The van der Waals surface area contributed by atoms with Gasteiger partial charge in [-0.1, -0.05) is 32.4 Å². The van der Waals surface area contributed by atoms with Crippen LogP contribution >= 0.6 is 11.6 Å². The Morgan fingerprint density at radius 1 is 1.35 bits per heavy atom. The zero-order chi connectivity index (χ0) is 14.8. The third kappa shape index (κ3) is 3.64. The number of nitrogens with zero attached hydrogens (tertiary/aromatic N) is 2. The standard InChI is InChI=1S/C16H25ClN2O/c1-16(2,3)13-5-4-7-19(8-6-13)15-14(17)9-12(11-20)10-18-15/h9-10,13,20H,4-8,11H2,1-3H3. The van der Waals surface area contributed by atoms with Crippen molar-refractivity contribution in [3.05, 3.63) is 22.8 Å². The second-order valence-corrected chi connectivity index (χ2v) is 7.20. The molecule has 0 amide bonds. The summed E-state index contributed by atoms with van der Waals surface area (Å²) in [7, 11) is 0. The van der Waals surface area contributed by atoms with Gasteiger partial charge in [-0.2, -0.15) is 0 Å². The van der Waals surface area contributed by atoms with E-state index in [0.717, 1.165) is 30.4 Å². The number of hydrogen-bond acceptors (Lipinski definition) is 3. The number of anilines is 1. The van der Waals surface area contributed by atoms with Gasteiger partial charge < -0.3 is 10.0 Å². The van der Waals surface area contributed by atoms with Crippen molar-refractivity contribution < 1.29 is 5.11 Å². The van der Waals surface area contributed by atoms with Crippen molar-refractivity contribution in [1.29, 1.82) is 0 Å². The molecule has 0 spiro atoms. The van der Waals surface area contributed by atoms with E-state index in [1.807, 2.05) is 6.07 Å². The number of rotatable bonds is 2. The van der Waals surface area contributed by atoms with Gasteiger partial charge in [-0.3, -0.25) is 0 Å². The summed E-state index contributed by atoms with van der Waals surface area (Å²) in [5.74, 6) is 1.61. The lowest BCUT2D eigenvalue weighted by Crippen LogP contribution is -2.27. The Morgan fingerprint density at radius 3 is 2.70 bits per heavy atom. The molecule has 0 aromatic carbocycles. The van der Waals surface area contributed by atoms with E-state index in [-0.39, 0.29) is 6.61 Å². The van der Waals surface area contributed by atoms with E-state index in [1.54, 1.807) is 6.20 Å². The number of aliphatic hydroxyl groups excluding tert-OH is 1. The minimum atomic E-state index is -0.0148. The van der Waals surface area contributed by atoms with Crippen molar-refractivity contribution >= 4 is 17.4 Å². The van der Waals surface area contributed by atoms with Gasteiger partial charge in [-0.05, 0) is 42.2 Å². The lowest BCUT2D eigenvalue weighted by molar-refractivity contribution is 0.220. The lowest BCUT2D eigenvalue weighted by Gasteiger charge is -2.30. The van der Waals surface area contributed by atoms with E-state index in [0.29, 0.717) is 10.4 Å². The molecule has 1 aliphatic heterocycles. The maximum absolute atomic E-state index is 9.12. The fourth-order valence-electron chi connectivity index (χ4n) is 2.96. The van der Waals surface area contributed by atoms with E-state index < -0.39 is 0 Å². The van der Waals surface area contributed by atoms with Crippen LogP contribution in [-0.4, -0.2) is 23.2 Å². The molecule has 20 heavy (non-hydrogen) atoms. The molecule has 3 nitrogen and oxygen atoms in total. The van der Waals surface area contributed by atoms with Gasteiger partial charge in [0.15, 0.2) is 0 Å². The summed E-state index contributed by atoms with van der Waals surface area (Å²) in [6, 6.07) is 1.82. The molecular formula is C16H25ClN2O. The molecule has 2 rings (SSSR count). The Kier molecular flexibility index (Phi) is 4.92. The molecule has 0 radical (unpaired) electrons. The van der Waals surface area contributed by atoms with Crippen LogP contribution in [0.25, 0.3) is 0 Å². The van der Waals surface area contributed by atoms with Crippen LogP contribution in [0.15, 0.2) is 12.3 Å². The number of pyridine rings is 1. The van der Waals surface area contributed by atoms with Crippen LogP contribution in [0, 0.1) is 11.3 Å². The predicted octanol–water partition coefficient (Wildman–Crippen LogP) is 3.88. The van der Waals surface area contributed by atoms with E-state index >= 15 is 0 Å². The largest absolute Gasteiger partial charge is 0.392 e. The maximum Gasteiger partial charge on any atom is 0.147 e. The fourth-order valence-corrected chi connectivity index (χ4v) is 3.27. The van der Waals surface area contributed by atoms with Gasteiger partial charge in [0.2, 0.25) is 0 Å². The fraction of sp³-hybridized carbons (Fsp3) is 0.688. The van der Waals surface area contributed by atoms with Crippen LogP contribution in [0.3, 0.4) is 0 Å². The molecule has 1 fully saturated rings. The summed E-state index contributed by atoms with van der Waals surface area (Å²) >= 11 is 6.31. The molecule has 0 bridgehead atoms. The minimum Gasteiger partial charge on any atom is -0.392 e. The molecule has 2 heterocycles. The van der Waals surface area contributed by atoms with Crippen molar-refractivity contribution in [3.63, 3.8) is 0 Å². The zero-order valence-electron chi connectivity index (χ0n) is 12.7. The summed E-state index contributed by atoms with van der Waals surface area (Å²) in [5.41, 5.74) is 1.13. The Hall–Kier alpha value is -0.800. The molecule has 4 heteroatoms. The summed E-state index contributed by atoms with van der Waals surface area (Å²) in [6.07, 6.45) is 5.35. The van der Waals surface area contributed by atoms with Crippen molar-refractivity contribution in [3.8, 4) is 0 Å². The lowest BCUT2D eigenvalue weighted by atomic mass is 9.77. The third-order valence-electron chi connectivity index (χ3n) is 4.31. The van der Waals surface area contributed by atoms with Gasteiger partial charge in [0.1, 0.15) is 5.82 Å². The normalized spacial score (nSPS) is 20.9. The van der Waals surface area contributed by atoms with Gasteiger partial charge in [0.25, 0.3) is 0 Å². The Morgan fingerprint density at radius 2 is 2.10 bits per heavy atom. The molecule has 0 aliphatic carbocycles. The van der Waals surface area contributed by atoms with Crippen LogP contribution in [0.5, 0.6) is 0 Å². The molecule has 1 unspecified atom stereocenters. The average molecular weight is 297 g/mol. The van der Waals surface area contributed by atoms with Gasteiger partial charge in [0, 0.05) is 19.3 Å². The first-order valence-corrected chi connectivity index (χ1v) is 7.80. The molecule has 0 saturated carbocycles. The summed E-state index contributed by atoms with van der Waals surface area (Å²) in [4.78, 5) is 6.72.